The Balaban J connectivity index is 2.18. The molecule has 0 aliphatic heterocycles. The summed E-state index contributed by atoms with van der Waals surface area (Å²) >= 11 is 0. The quantitative estimate of drug-likeness (QED) is 0.699. The highest BCUT2D eigenvalue weighted by atomic mass is 16.3. The lowest BCUT2D eigenvalue weighted by Gasteiger charge is -2.30. The van der Waals surface area contributed by atoms with Gasteiger partial charge in [0.25, 0.3) is 0 Å². The number of rotatable bonds is 4. The zero-order chi connectivity index (χ0) is 15.4. The Labute approximate surface area is 131 Å². The molecule has 0 saturated heterocycles. The van der Waals surface area contributed by atoms with Gasteiger partial charge in [-0.1, -0.05) is 91.9 Å². The van der Waals surface area contributed by atoms with E-state index in [9.17, 15) is 5.11 Å². The fraction of sp³-hybridized carbons (Fsp3) is 0.143. The molecule has 0 bridgehead atoms. The minimum Gasteiger partial charge on any atom is -0.376 e. The fourth-order valence-corrected chi connectivity index (χ4v) is 2.84. The molecule has 0 amide bonds. The summed E-state index contributed by atoms with van der Waals surface area (Å²) in [7, 11) is 0. The molecule has 1 nitrogen and oxygen atoms in total. The molecule has 3 rings (SSSR count). The maximum absolute atomic E-state index is 11.6. The predicted molar refractivity (Wildman–Crippen MR) is 90.8 cm³/mol. The van der Waals surface area contributed by atoms with Gasteiger partial charge in [-0.05, 0) is 28.7 Å². The van der Waals surface area contributed by atoms with Crippen molar-refractivity contribution in [2.75, 3.05) is 0 Å². The molecule has 0 fully saturated rings. The van der Waals surface area contributed by atoms with E-state index >= 15 is 0 Å². The van der Waals surface area contributed by atoms with E-state index in [-0.39, 0.29) is 0 Å². The Hall–Kier alpha value is -2.38. The lowest BCUT2D eigenvalue weighted by Crippen LogP contribution is -2.28. The van der Waals surface area contributed by atoms with Crippen molar-refractivity contribution in [2.45, 2.75) is 18.9 Å². The Morgan fingerprint density at radius 3 is 1.45 bits per heavy atom. The van der Waals surface area contributed by atoms with Crippen LogP contribution in [0.15, 0.2) is 84.9 Å². The van der Waals surface area contributed by atoms with E-state index in [1.54, 1.807) is 0 Å². The van der Waals surface area contributed by atoms with Gasteiger partial charge < -0.3 is 5.11 Å². The average molecular weight is 288 g/mol. The van der Waals surface area contributed by atoms with Crippen molar-refractivity contribution in [1.82, 2.24) is 0 Å². The summed E-state index contributed by atoms with van der Waals surface area (Å²) in [6.07, 6.45) is 0.995. The molecule has 0 aromatic heterocycles. The summed E-state index contributed by atoms with van der Waals surface area (Å²) in [6.45, 7) is 2.13. The lowest BCUT2D eigenvalue weighted by molar-refractivity contribution is 0.125. The van der Waals surface area contributed by atoms with Crippen molar-refractivity contribution >= 4 is 0 Å². The van der Waals surface area contributed by atoms with E-state index in [1.807, 2.05) is 72.8 Å². The van der Waals surface area contributed by atoms with Crippen molar-refractivity contribution in [3.63, 3.8) is 0 Å². The average Bonchev–Trinajstić information content (AvgIpc) is 2.62. The van der Waals surface area contributed by atoms with Crippen molar-refractivity contribution in [1.29, 1.82) is 0 Å². The van der Waals surface area contributed by atoms with Crippen LogP contribution in [-0.2, 0) is 12.0 Å². The summed E-state index contributed by atoms with van der Waals surface area (Å²) in [5.41, 5.74) is 2.79. The number of aliphatic hydroxyl groups is 1. The largest absolute Gasteiger partial charge is 0.376 e. The molecule has 1 heteroatoms. The number of hydrogen-bond donors (Lipinski definition) is 1. The van der Waals surface area contributed by atoms with Crippen molar-refractivity contribution in [3.8, 4) is 0 Å². The summed E-state index contributed by atoms with van der Waals surface area (Å²) in [4.78, 5) is 0. The van der Waals surface area contributed by atoms with Gasteiger partial charge in [0, 0.05) is 0 Å². The number of benzene rings is 3. The van der Waals surface area contributed by atoms with Gasteiger partial charge in [-0.15, -0.1) is 0 Å². The van der Waals surface area contributed by atoms with E-state index in [1.165, 1.54) is 5.56 Å². The van der Waals surface area contributed by atoms with E-state index < -0.39 is 5.60 Å². The van der Waals surface area contributed by atoms with E-state index in [0.717, 1.165) is 23.1 Å². The van der Waals surface area contributed by atoms with E-state index in [0.29, 0.717) is 0 Å². The number of hydrogen-bond acceptors (Lipinski definition) is 1. The molecule has 0 aliphatic carbocycles. The zero-order valence-corrected chi connectivity index (χ0v) is 12.7. The SMILES string of the molecule is CCc1ccc(C(O)(c2ccccc2)c2ccccc2)cc1. The predicted octanol–water partition coefficient (Wildman–Crippen LogP) is 4.53. The van der Waals surface area contributed by atoms with Gasteiger partial charge in [-0.2, -0.15) is 0 Å². The van der Waals surface area contributed by atoms with Crippen LogP contribution < -0.4 is 0 Å². The molecule has 1 N–H and O–H groups in total. The highest BCUT2D eigenvalue weighted by molar-refractivity contribution is 5.47. The van der Waals surface area contributed by atoms with Gasteiger partial charge in [0.1, 0.15) is 5.60 Å². The van der Waals surface area contributed by atoms with Crippen molar-refractivity contribution < 1.29 is 5.11 Å². The molecule has 0 heterocycles. The van der Waals surface area contributed by atoms with Crippen LogP contribution in [0.5, 0.6) is 0 Å². The third-order valence-corrected chi connectivity index (χ3v) is 4.16. The van der Waals surface area contributed by atoms with Crippen LogP contribution in [0.3, 0.4) is 0 Å². The molecule has 0 saturated carbocycles. The normalized spacial score (nSPS) is 11.4. The molecule has 0 radical (unpaired) electrons. The van der Waals surface area contributed by atoms with Gasteiger partial charge in [-0.25, -0.2) is 0 Å². The summed E-state index contributed by atoms with van der Waals surface area (Å²) in [5.74, 6) is 0. The first-order chi connectivity index (χ1) is 10.7. The monoisotopic (exact) mass is 288 g/mol. The molecule has 22 heavy (non-hydrogen) atoms. The van der Waals surface area contributed by atoms with Gasteiger partial charge in [0.05, 0.1) is 0 Å². The maximum atomic E-state index is 11.6. The Bertz CT molecular complexity index is 675. The van der Waals surface area contributed by atoms with Gasteiger partial charge in [-0.3, -0.25) is 0 Å². The molecule has 0 spiro atoms. The van der Waals surface area contributed by atoms with Gasteiger partial charge in [0.15, 0.2) is 0 Å². The Morgan fingerprint density at radius 1 is 0.636 bits per heavy atom. The summed E-state index contributed by atoms with van der Waals surface area (Å²) in [6, 6.07) is 27.9. The third kappa shape index (κ3) is 2.56. The summed E-state index contributed by atoms with van der Waals surface area (Å²) in [5, 5.41) is 11.6. The second kappa shape index (κ2) is 6.17. The van der Waals surface area contributed by atoms with Gasteiger partial charge in [0.2, 0.25) is 0 Å². The van der Waals surface area contributed by atoms with Crippen LogP contribution in [0.4, 0.5) is 0 Å². The Morgan fingerprint density at radius 2 is 1.05 bits per heavy atom. The van der Waals surface area contributed by atoms with Crippen LogP contribution in [0.1, 0.15) is 29.2 Å². The smallest absolute Gasteiger partial charge is 0.140 e. The minimum atomic E-state index is -1.13. The topological polar surface area (TPSA) is 20.2 Å². The fourth-order valence-electron chi connectivity index (χ4n) is 2.84. The molecule has 3 aromatic rings. The second-order valence-electron chi connectivity index (χ2n) is 5.49. The van der Waals surface area contributed by atoms with Crippen LogP contribution in [0, 0.1) is 0 Å². The van der Waals surface area contributed by atoms with Crippen LogP contribution in [-0.4, -0.2) is 5.11 Å². The van der Waals surface area contributed by atoms with Crippen molar-refractivity contribution in [3.05, 3.63) is 107 Å². The Kier molecular flexibility index (Phi) is 4.08. The first kappa shape index (κ1) is 14.6. The van der Waals surface area contributed by atoms with E-state index in [4.69, 9.17) is 0 Å². The molecule has 110 valence electrons. The molecule has 0 unspecified atom stereocenters. The highest BCUT2D eigenvalue weighted by Crippen LogP contribution is 2.36. The molecular formula is C21H20O. The number of aryl methyl sites for hydroxylation is 1. The molecule has 0 atom stereocenters. The van der Waals surface area contributed by atoms with Crippen LogP contribution in [0.2, 0.25) is 0 Å². The lowest BCUT2D eigenvalue weighted by atomic mass is 9.80. The van der Waals surface area contributed by atoms with Crippen LogP contribution >= 0.6 is 0 Å². The zero-order valence-electron chi connectivity index (χ0n) is 12.7. The molecule has 3 aromatic carbocycles. The standard InChI is InChI=1S/C21H20O/c1-2-17-13-15-20(16-14-17)21(22,18-9-5-3-6-10-18)19-11-7-4-8-12-19/h3-16,22H,2H2,1H3. The minimum absolute atomic E-state index is 0.880. The third-order valence-electron chi connectivity index (χ3n) is 4.16. The van der Waals surface area contributed by atoms with Crippen molar-refractivity contribution in [2.24, 2.45) is 0 Å². The summed E-state index contributed by atoms with van der Waals surface area (Å²) < 4.78 is 0. The maximum Gasteiger partial charge on any atom is 0.140 e. The second-order valence-corrected chi connectivity index (χ2v) is 5.49. The molecule has 0 aliphatic rings. The highest BCUT2D eigenvalue weighted by Gasteiger charge is 2.33. The van der Waals surface area contributed by atoms with E-state index in [2.05, 4.69) is 19.1 Å². The molecular weight excluding hydrogens is 268 g/mol. The first-order valence-electron chi connectivity index (χ1n) is 7.68. The van der Waals surface area contributed by atoms with Crippen LogP contribution in [0.25, 0.3) is 0 Å². The first-order valence-corrected chi connectivity index (χ1v) is 7.68. The van der Waals surface area contributed by atoms with Gasteiger partial charge >= 0.3 is 0 Å².